The summed E-state index contributed by atoms with van der Waals surface area (Å²) in [6.45, 7) is 4.22. The fraction of sp³-hybridized carbons (Fsp3) is 0.727. The fourth-order valence-electron chi connectivity index (χ4n) is 2.16. The quantitative estimate of drug-likeness (QED) is 0.808. The molecule has 1 aliphatic rings. The number of sulfonamides is 1. The zero-order valence-corrected chi connectivity index (χ0v) is 11.9. The van der Waals surface area contributed by atoms with E-state index in [1.54, 1.807) is 7.11 Å². The first-order chi connectivity index (χ1) is 9.14. The van der Waals surface area contributed by atoms with Crippen LogP contribution in [0.4, 0.5) is 0 Å². The molecule has 7 nitrogen and oxygen atoms in total. The molecule has 0 radical (unpaired) electrons. The average Bonchev–Trinajstić information content (AvgIpc) is 2.83. The molecule has 19 heavy (non-hydrogen) atoms. The van der Waals surface area contributed by atoms with Crippen molar-refractivity contribution in [3.05, 3.63) is 12.4 Å². The van der Waals surface area contributed by atoms with Crippen molar-refractivity contribution in [2.45, 2.75) is 11.3 Å². The summed E-state index contributed by atoms with van der Waals surface area (Å²) in [5.41, 5.74) is 0. The van der Waals surface area contributed by atoms with Crippen molar-refractivity contribution in [1.82, 2.24) is 19.4 Å². The number of hydrogen-bond acceptors (Lipinski definition) is 5. The molecule has 1 N–H and O–H groups in total. The monoisotopic (exact) mass is 288 g/mol. The summed E-state index contributed by atoms with van der Waals surface area (Å²) in [5, 5.41) is 6.25. The molecule has 0 bridgehead atoms. The molecule has 0 amide bonds. The minimum absolute atomic E-state index is 0.234. The molecule has 0 saturated carbocycles. The summed E-state index contributed by atoms with van der Waals surface area (Å²) < 4.78 is 31.3. The van der Waals surface area contributed by atoms with Crippen molar-refractivity contribution < 1.29 is 13.2 Å². The third-order valence-corrected chi connectivity index (χ3v) is 5.13. The van der Waals surface area contributed by atoms with Gasteiger partial charge in [0.05, 0.1) is 12.8 Å². The van der Waals surface area contributed by atoms with Gasteiger partial charge in [-0.2, -0.15) is 9.40 Å². The lowest BCUT2D eigenvalue weighted by Crippen LogP contribution is -2.35. The van der Waals surface area contributed by atoms with E-state index >= 15 is 0 Å². The van der Waals surface area contributed by atoms with E-state index in [1.165, 1.54) is 16.7 Å². The number of methoxy groups -OCH3 is 1. The zero-order chi connectivity index (χ0) is 13.7. The van der Waals surface area contributed by atoms with Crippen LogP contribution in [-0.2, 0) is 14.8 Å². The lowest BCUT2D eigenvalue weighted by Gasteiger charge is -2.20. The molecule has 1 aromatic heterocycles. The van der Waals surface area contributed by atoms with Gasteiger partial charge in [0.15, 0.2) is 0 Å². The van der Waals surface area contributed by atoms with Crippen LogP contribution in [0.25, 0.3) is 0 Å². The average molecular weight is 288 g/mol. The highest BCUT2D eigenvalue weighted by atomic mass is 32.2. The molecule has 0 atom stereocenters. The van der Waals surface area contributed by atoms with Crippen LogP contribution >= 0.6 is 0 Å². The first kappa shape index (κ1) is 14.4. The minimum Gasteiger partial charge on any atom is -0.383 e. The number of hydrogen-bond donors (Lipinski definition) is 1. The predicted octanol–water partition coefficient (Wildman–Crippen LogP) is -0.247. The van der Waals surface area contributed by atoms with E-state index in [2.05, 4.69) is 15.1 Å². The zero-order valence-electron chi connectivity index (χ0n) is 11.1. The molecule has 2 rings (SSSR count). The lowest BCUT2D eigenvalue weighted by molar-refractivity contribution is 0.151. The topological polar surface area (TPSA) is 78.5 Å². The van der Waals surface area contributed by atoms with Gasteiger partial charge < -0.3 is 4.74 Å². The van der Waals surface area contributed by atoms with E-state index in [4.69, 9.17) is 4.74 Å². The van der Waals surface area contributed by atoms with E-state index in [0.29, 0.717) is 19.7 Å². The van der Waals surface area contributed by atoms with Crippen LogP contribution < -0.4 is 0 Å². The lowest BCUT2D eigenvalue weighted by atomic mass is 10.4. The Kier molecular flexibility index (Phi) is 4.92. The Balaban J connectivity index is 1.99. The minimum atomic E-state index is -3.40. The second-order valence-corrected chi connectivity index (χ2v) is 6.46. The van der Waals surface area contributed by atoms with Gasteiger partial charge in [0, 0.05) is 39.5 Å². The van der Waals surface area contributed by atoms with Gasteiger partial charge in [-0.3, -0.25) is 10.00 Å². The number of ether oxygens (including phenoxy) is 1. The molecule has 108 valence electrons. The highest BCUT2D eigenvalue weighted by Crippen LogP contribution is 2.16. The van der Waals surface area contributed by atoms with Crippen molar-refractivity contribution in [1.29, 1.82) is 0 Å². The maximum absolute atomic E-state index is 12.3. The molecule has 1 saturated heterocycles. The van der Waals surface area contributed by atoms with Gasteiger partial charge in [-0.15, -0.1) is 0 Å². The van der Waals surface area contributed by atoms with Gasteiger partial charge in [-0.1, -0.05) is 0 Å². The Morgan fingerprint density at radius 2 is 2.21 bits per heavy atom. The normalized spacial score (nSPS) is 19.4. The third-order valence-electron chi connectivity index (χ3n) is 3.27. The Morgan fingerprint density at radius 1 is 1.37 bits per heavy atom. The summed E-state index contributed by atoms with van der Waals surface area (Å²) in [4.78, 5) is 2.46. The molecular weight excluding hydrogens is 268 g/mol. The highest BCUT2D eigenvalue weighted by Gasteiger charge is 2.27. The Labute approximate surface area is 113 Å². The van der Waals surface area contributed by atoms with Gasteiger partial charge in [-0.25, -0.2) is 8.42 Å². The van der Waals surface area contributed by atoms with Crippen molar-refractivity contribution in [3.63, 3.8) is 0 Å². The molecular formula is C11H20N4O3S. The van der Waals surface area contributed by atoms with Crippen molar-refractivity contribution in [2.75, 3.05) is 46.4 Å². The third kappa shape index (κ3) is 3.53. The maximum Gasteiger partial charge on any atom is 0.246 e. The standard InChI is InChI=1S/C11H20N4O3S/c1-18-8-7-14-3-2-4-15(6-5-14)19(16,17)11-9-12-13-10-11/h9-10H,2-8H2,1H3,(H,12,13). The van der Waals surface area contributed by atoms with E-state index in [1.807, 2.05) is 0 Å². The van der Waals surface area contributed by atoms with Gasteiger partial charge >= 0.3 is 0 Å². The summed E-state index contributed by atoms with van der Waals surface area (Å²) >= 11 is 0. The molecule has 0 aromatic carbocycles. The van der Waals surface area contributed by atoms with E-state index in [9.17, 15) is 8.42 Å². The van der Waals surface area contributed by atoms with Gasteiger partial charge in [0.1, 0.15) is 4.90 Å². The Hall–Kier alpha value is -0.960. The maximum atomic E-state index is 12.3. The van der Waals surface area contributed by atoms with Crippen LogP contribution in [0, 0.1) is 0 Å². The number of aromatic nitrogens is 2. The molecule has 1 aromatic rings. The first-order valence-corrected chi connectivity index (χ1v) is 7.79. The predicted molar refractivity (Wildman–Crippen MR) is 70.3 cm³/mol. The molecule has 2 heterocycles. The summed E-state index contributed by atoms with van der Waals surface area (Å²) in [6, 6.07) is 0. The summed E-state index contributed by atoms with van der Waals surface area (Å²) in [7, 11) is -1.73. The van der Waals surface area contributed by atoms with Crippen LogP contribution in [-0.4, -0.2) is 74.3 Å². The highest BCUT2D eigenvalue weighted by molar-refractivity contribution is 7.89. The SMILES string of the molecule is COCCN1CCCN(S(=O)(=O)c2cn[nH]c2)CC1. The molecule has 0 spiro atoms. The molecule has 0 unspecified atom stereocenters. The summed E-state index contributed by atoms with van der Waals surface area (Å²) in [6.07, 6.45) is 3.60. The molecule has 1 fully saturated rings. The van der Waals surface area contributed by atoms with Gasteiger partial charge in [0.2, 0.25) is 10.0 Å². The van der Waals surface area contributed by atoms with Gasteiger partial charge in [-0.05, 0) is 13.0 Å². The largest absolute Gasteiger partial charge is 0.383 e. The molecule has 1 aliphatic heterocycles. The Bertz CT molecular complexity index is 474. The number of aromatic amines is 1. The molecule has 0 aliphatic carbocycles. The number of rotatable bonds is 5. The van der Waals surface area contributed by atoms with Gasteiger partial charge in [0.25, 0.3) is 0 Å². The second-order valence-electron chi connectivity index (χ2n) is 4.53. The number of nitrogens with zero attached hydrogens (tertiary/aromatic N) is 3. The fourth-order valence-corrected chi connectivity index (χ4v) is 3.54. The van der Waals surface area contributed by atoms with Crippen LogP contribution in [0.15, 0.2) is 17.3 Å². The smallest absolute Gasteiger partial charge is 0.246 e. The van der Waals surface area contributed by atoms with Crippen LogP contribution in [0.3, 0.4) is 0 Å². The van der Waals surface area contributed by atoms with E-state index < -0.39 is 10.0 Å². The van der Waals surface area contributed by atoms with Crippen LogP contribution in [0.1, 0.15) is 6.42 Å². The Morgan fingerprint density at radius 3 is 2.89 bits per heavy atom. The second kappa shape index (κ2) is 6.47. The molecule has 8 heteroatoms. The van der Waals surface area contributed by atoms with Crippen LogP contribution in [0.2, 0.25) is 0 Å². The first-order valence-electron chi connectivity index (χ1n) is 6.35. The van der Waals surface area contributed by atoms with Crippen LogP contribution in [0.5, 0.6) is 0 Å². The van der Waals surface area contributed by atoms with E-state index in [-0.39, 0.29) is 4.90 Å². The number of H-pyrrole nitrogens is 1. The van der Waals surface area contributed by atoms with Crippen molar-refractivity contribution >= 4 is 10.0 Å². The number of nitrogens with one attached hydrogen (secondary N) is 1. The van der Waals surface area contributed by atoms with Crippen molar-refractivity contribution in [2.24, 2.45) is 0 Å². The van der Waals surface area contributed by atoms with Crippen molar-refractivity contribution in [3.8, 4) is 0 Å². The summed E-state index contributed by atoms with van der Waals surface area (Å²) in [5.74, 6) is 0. The van der Waals surface area contributed by atoms with E-state index in [0.717, 1.165) is 26.1 Å².